The van der Waals surface area contributed by atoms with E-state index in [2.05, 4.69) is 16.8 Å². The Morgan fingerprint density at radius 2 is 2.32 bits per heavy atom. The molecule has 0 amide bonds. The van der Waals surface area contributed by atoms with Gasteiger partial charge in [0.25, 0.3) is 0 Å². The highest BCUT2D eigenvalue weighted by Crippen LogP contribution is 2.27. The van der Waals surface area contributed by atoms with Gasteiger partial charge in [0, 0.05) is 6.54 Å². The molecule has 4 nitrogen and oxygen atoms in total. The Labute approximate surface area is 118 Å². The van der Waals surface area contributed by atoms with Crippen LogP contribution < -0.4 is 0 Å². The maximum Gasteiger partial charge on any atom is 0.347 e. The molecule has 1 aliphatic rings. The van der Waals surface area contributed by atoms with Crippen LogP contribution in [0, 0.1) is 5.92 Å². The number of aromatic nitrogens is 1. The third-order valence-electron chi connectivity index (χ3n) is 3.54. The smallest absolute Gasteiger partial charge is 0.347 e. The molecule has 1 aliphatic heterocycles. The minimum absolute atomic E-state index is 0.163. The predicted molar refractivity (Wildman–Crippen MR) is 76.8 cm³/mol. The van der Waals surface area contributed by atoms with Crippen molar-refractivity contribution in [1.29, 1.82) is 0 Å². The number of hydrogen-bond acceptors (Lipinski definition) is 4. The lowest BCUT2D eigenvalue weighted by molar-refractivity contribution is 0.0700. The number of thiazole rings is 1. The van der Waals surface area contributed by atoms with Gasteiger partial charge < -0.3 is 5.11 Å². The van der Waals surface area contributed by atoms with Crippen LogP contribution in [0.3, 0.4) is 0 Å². The topological polar surface area (TPSA) is 53.4 Å². The van der Waals surface area contributed by atoms with E-state index in [1.165, 1.54) is 24.2 Å². The fourth-order valence-corrected chi connectivity index (χ4v) is 3.71. The molecular weight excluding hydrogens is 260 g/mol. The fraction of sp³-hybridized carbons (Fsp3) is 0.714. The summed E-state index contributed by atoms with van der Waals surface area (Å²) in [7, 11) is 0. The van der Waals surface area contributed by atoms with Crippen molar-refractivity contribution >= 4 is 17.3 Å². The van der Waals surface area contributed by atoms with Crippen LogP contribution in [-0.4, -0.2) is 34.0 Å². The van der Waals surface area contributed by atoms with Crippen molar-refractivity contribution in [2.45, 2.75) is 46.1 Å². The lowest BCUT2D eigenvalue weighted by atomic mass is 10.0. The molecular formula is C14H22N2O2S. The molecule has 5 heteroatoms. The molecule has 0 aromatic carbocycles. The van der Waals surface area contributed by atoms with Crippen LogP contribution in [0.1, 0.15) is 59.9 Å². The van der Waals surface area contributed by atoms with Gasteiger partial charge >= 0.3 is 5.97 Å². The number of piperidine rings is 1. The molecule has 1 fully saturated rings. The molecule has 1 unspecified atom stereocenters. The molecule has 2 rings (SSSR count). The Balaban J connectivity index is 2.12. The average Bonchev–Trinajstić information content (AvgIpc) is 2.73. The predicted octanol–water partition coefficient (Wildman–Crippen LogP) is 3.20. The maximum absolute atomic E-state index is 11.2. The van der Waals surface area contributed by atoms with Crippen LogP contribution in [0.2, 0.25) is 0 Å². The van der Waals surface area contributed by atoms with Gasteiger partial charge in [0.2, 0.25) is 0 Å². The highest BCUT2D eigenvalue weighted by Gasteiger charge is 2.22. The fourth-order valence-electron chi connectivity index (χ4n) is 2.61. The molecule has 0 radical (unpaired) electrons. The van der Waals surface area contributed by atoms with Crippen LogP contribution in [0.5, 0.6) is 0 Å². The summed E-state index contributed by atoms with van der Waals surface area (Å²) in [5, 5.41) is 10.2. The van der Waals surface area contributed by atoms with E-state index < -0.39 is 5.97 Å². The van der Waals surface area contributed by atoms with Crippen molar-refractivity contribution in [3.8, 4) is 0 Å². The van der Waals surface area contributed by atoms with Crippen LogP contribution in [0.25, 0.3) is 0 Å². The summed E-state index contributed by atoms with van der Waals surface area (Å²) >= 11 is 1.34. The van der Waals surface area contributed by atoms with Crippen LogP contribution in [0.15, 0.2) is 0 Å². The average molecular weight is 282 g/mol. The van der Waals surface area contributed by atoms with Gasteiger partial charge in [-0.15, -0.1) is 11.3 Å². The van der Waals surface area contributed by atoms with E-state index >= 15 is 0 Å². The summed E-state index contributed by atoms with van der Waals surface area (Å²) in [5.41, 5.74) is 0.734. The zero-order valence-electron chi connectivity index (χ0n) is 11.8. The molecule has 0 aliphatic carbocycles. The summed E-state index contributed by atoms with van der Waals surface area (Å²) in [6.07, 6.45) is 2.53. The second-order valence-corrected chi connectivity index (χ2v) is 6.85. The molecule has 0 saturated carbocycles. The third kappa shape index (κ3) is 3.54. The first kappa shape index (κ1) is 14.5. The molecule has 1 atom stereocenters. The lowest BCUT2D eigenvalue weighted by Gasteiger charge is -2.29. The number of carboxylic acid groups (broad SMARTS) is 1. The van der Waals surface area contributed by atoms with Crippen molar-refractivity contribution in [1.82, 2.24) is 9.88 Å². The second-order valence-electron chi connectivity index (χ2n) is 5.76. The molecule has 2 heterocycles. The molecule has 1 aromatic heterocycles. The van der Waals surface area contributed by atoms with Gasteiger partial charge in [-0.05, 0) is 31.2 Å². The number of carbonyl (C=O) groups is 1. The standard InChI is InChI=1S/C14H22N2O2S/c1-9(2)12-13(14(17)18)19-11(15-12)8-16-6-4-5-10(3)7-16/h9-10H,4-8H2,1-3H3,(H,17,18). The number of hydrogen-bond donors (Lipinski definition) is 1. The van der Waals surface area contributed by atoms with Crippen molar-refractivity contribution in [3.63, 3.8) is 0 Å². The van der Waals surface area contributed by atoms with Gasteiger partial charge in [-0.1, -0.05) is 20.8 Å². The Morgan fingerprint density at radius 3 is 2.84 bits per heavy atom. The Kier molecular flexibility index (Phi) is 4.58. The largest absolute Gasteiger partial charge is 0.477 e. The lowest BCUT2D eigenvalue weighted by Crippen LogP contribution is -2.33. The van der Waals surface area contributed by atoms with E-state index in [0.29, 0.717) is 4.88 Å². The maximum atomic E-state index is 11.2. The Bertz CT molecular complexity index is 456. The van der Waals surface area contributed by atoms with Crippen LogP contribution >= 0.6 is 11.3 Å². The van der Waals surface area contributed by atoms with Gasteiger partial charge in [0.15, 0.2) is 0 Å². The highest BCUT2D eigenvalue weighted by atomic mass is 32.1. The third-order valence-corrected chi connectivity index (χ3v) is 4.58. The first-order valence-corrected chi connectivity index (χ1v) is 7.74. The second kappa shape index (κ2) is 6.01. The molecule has 1 saturated heterocycles. The van der Waals surface area contributed by atoms with E-state index in [1.54, 1.807) is 0 Å². The molecule has 0 spiro atoms. The van der Waals surface area contributed by atoms with Crippen LogP contribution in [0.4, 0.5) is 0 Å². The quantitative estimate of drug-likeness (QED) is 0.921. The minimum Gasteiger partial charge on any atom is -0.477 e. The minimum atomic E-state index is -0.848. The van der Waals surface area contributed by atoms with Crippen molar-refractivity contribution < 1.29 is 9.90 Å². The summed E-state index contributed by atoms with van der Waals surface area (Å²) < 4.78 is 0. The van der Waals surface area contributed by atoms with Gasteiger partial charge in [-0.25, -0.2) is 9.78 Å². The highest BCUT2D eigenvalue weighted by molar-refractivity contribution is 7.13. The van der Waals surface area contributed by atoms with Crippen molar-refractivity contribution in [2.75, 3.05) is 13.1 Å². The van der Waals surface area contributed by atoms with Gasteiger partial charge in [-0.3, -0.25) is 4.90 Å². The van der Waals surface area contributed by atoms with Crippen molar-refractivity contribution in [2.24, 2.45) is 5.92 Å². The van der Waals surface area contributed by atoms with Crippen LogP contribution in [-0.2, 0) is 6.54 Å². The Hall–Kier alpha value is -0.940. The van der Waals surface area contributed by atoms with E-state index in [-0.39, 0.29) is 5.92 Å². The molecule has 1 aromatic rings. The Morgan fingerprint density at radius 1 is 1.58 bits per heavy atom. The summed E-state index contributed by atoms with van der Waals surface area (Å²) in [6.45, 7) is 9.25. The summed E-state index contributed by atoms with van der Waals surface area (Å²) in [6, 6.07) is 0. The van der Waals surface area contributed by atoms with Crippen molar-refractivity contribution in [3.05, 3.63) is 15.6 Å². The normalized spacial score (nSPS) is 20.9. The molecule has 1 N–H and O–H groups in total. The van der Waals surface area contributed by atoms with E-state index in [0.717, 1.165) is 36.3 Å². The monoisotopic (exact) mass is 282 g/mol. The number of carboxylic acids is 1. The molecule has 106 valence electrons. The SMILES string of the molecule is CC1CCCN(Cc2nc(C(C)C)c(C(=O)O)s2)C1. The van der Waals surface area contributed by atoms with E-state index in [9.17, 15) is 9.90 Å². The molecule has 19 heavy (non-hydrogen) atoms. The van der Waals surface area contributed by atoms with E-state index in [1.807, 2.05) is 13.8 Å². The summed E-state index contributed by atoms with van der Waals surface area (Å²) in [5.74, 6) is 0.0491. The number of nitrogens with zero attached hydrogens (tertiary/aromatic N) is 2. The number of aromatic carboxylic acids is 1. The zero-order chi connectivity index (χ0) is 14.0. The van der Waals surface area contributed by atoms with Gasteiger partial charge in [0.1, 0.15) is 9.88 Å². The zero-order valence-corrected chi connectivity index (χ0v) is 12.7. The first-order valence-electron chi connectivity index (χ1n) is 6.92. The van der Waals surface area contributed by atoms with Gasteiger partial charge in [-0.2, -0.15) is 0 Å². The van der Waals surface area contributed by atoms with Gasteiger partial charge in [0.05, 0.1) is 12.2 Å². The van der Waals surface area contributed by atoms with E-state index in [4.69, 9.17) is 0 Å². The molecule has 0 bridgehead atoms. The first-order chi connectivity index (χ1) is 8.97. The summed E-state index contributed by atoms with van der Waals surface area (Å²) in [4.78, 5) is 18.6. The number of likely N-dealkylation sites (tertiary alicyclic amines) is 1. The number of rotatable bonds is 4.